The number of phenolic OH excluding ortho intramolecular Hbond substituents is 2. The van der Waals surface area contributed by atoms with Crippen molar-refractivity contribution in [2.75, 3.05) is 0 Å². The van der Waals surface area contributed by atoms with Crippen LogP contribution in [-0.4, -0.2) is 16.4 Å². The Morgan fingerprint density at radius 1 is 1.00 bits per heavy atom. The number of aliphatic imine (C=N–C) groups is 1. The van der Waals surface area contributed by atoms with Gasteiger partial charge in [-0.15, -0.1) is 0 Å². The minimum Gasteiger partial charge on any atom is -0.506 e. The van der Waals surface area contributed by atoms with Crippen LogP contribution in [0.3, 0.4) is 0 Å². The molecule has 0 saturated heterocycles. The van der Waals surface area contributed by atoms with Crippen LogP contribution in [0.1, 0.15) is 5.76 Å². The topological polar surface area (TPSA) is 66.0 Å². The fourth-order valence-electron chi connectivity index (χ4n) is 1.97. The summed E-state index contributed by atoms with van der Waals surface area (Å²) in [6, 6.07) is 10.3. The van der Waals surface area contributed by atoms with Gasteiger partial charge in [-0.25, -0.2) is 4.99 Å². The van der Waals surface area contributed by atoms with Crippen LogP contribution >= 0.6 is 11.6 Å². The van der Waals surface area contributed by atoms with E-state index in [-0.39, 0.29) is 22.2 Å². The lowest BCUT2D eigenvalue weighted by Gasteiger charge is -2.09. The van der Waals surface area contributed by atoms with E-state index >= 15 is 0 Å². The number of halogens is 1. The third-order valence-corrected chi connectivity index (χ3v) is 3.30. The molecule has 2 aromatic carbocycles. The van der Waals surface area contributed by atoms with Crippen molar-refractivity contribution in [3.05, 3.63) is 53.4 Å². The molecule has 0 unspecified atom stereocenters. The van der Waals surface area contributed by atoms with Gasteiger partial charge in [-0.05, 0) is 12.1 Å². The van der Waals surface area contributed by atoms with Crippen LogP contribution in [0.15, 0.2) is 52.1 Å². The summed E-state index contributed by atoms with van der Waals surface area (Å²) in [5, 5.41) is 21.3. The molecule has 3 aromatic rings. The van der Waals surface area contributed by atoms with E-state index in [4.69, 9.17) is 16.0 Å². The molecule has 0 radical (unpaired) electrons. The van der Waals surface area contributed by atoms with E-state index in [1.165, 1.54) is 12.5 Å². The summed E-state index contributed by atoms with van der Waals surface area (Å²) in [6.45, 7) is 0. The van der Waals surface area contributed by atoms with Crippen molar-refractivity contribution in [3.63, 3.8) is 0 Å². The van der Waals surface area contributed by atoms with Gasteiger partial charge in [0.15, 0.2) is 5.75 Å². The summed E-state index contributed by atoms with van der Waals surface area (Å²) < 4.78 is 5.12. The molecule has 0 aliphatic heterocycles. The molecule has 0 aliphatic rings. The minimum atomic E-state index is -0.105. The number of furan rings is 1. The smallest absolute Gasteiger partial charge is 0.150 e. The number of hydrogen-bond donors (Lipinski definition) is 2. The Balaban J connectivity index is 2.20. The van der Waals surface area contributed by atoms with Crippen molar-refractivity contribution in [1.29, 1.82) is 0 Å². The van der Waals surface area contributed by atoms with Crippen LogP contribution in [0, 0.1) is 0 Å². The number of benzene rings is 2. The summed E-state index contributed by atoms with van der Waals surface area (Å²) >= 11 is 6.06. The van der Waals surface area contributed by atoms with Gasteiger partial charge in [0, 0.05) is 10.8 Å². The standard InChI is InChI=1S/C15H10ClNO3/c16-12-13(17-8-9-4-3-7-20-9)15(19)11-6-2-1-5-10(11)14(12)18/h1-8,18-19H. The SMILES string of the molecule is Oc1c(Cl)c(N=Cc2ccco2)c(O)c2ccccc12. The van der Waals surface area contributed by atoms with E-state index in [2.05, 4.69) is 4.99 Å². The maximum absolute atomic E-state index is 10.2. The van der Waals surface area contributed by atoms with Crippen LogP contribution in [0.2, 0.25) is 5.02 Å². The average Bonchev–Trinajstić information content (AvgIpc) is 2.98. The Hall–Kier alpha value is -2.46. The van der Waals surface area contributed by atoms with Gasteiger partial charge in [-0.1, -0.05) is 35.9 Å². The van der Waals surface area contributed by atoms with Gasteiger partial charge in [0.05, 0.1) is 12.5 Å². The monoisotopic (exact) mass is 287 g/mol. The number of fused-ring (bicyclic) bond motifs is 1. The molecule has 0 atom stereocenters. The molecule has 4 nitrogen and oxygen atoms in total. The number of nitrogens with zero attached hydrogens (tertiary/aromatic N) is 1. The zero-order valence-corrected chi connectivity index (χ0v) is 11.0. The maximum Gasteiger partial charge on any atom is 0.150 e. The second kappa shape index (κ2) is 4.90. The molecule has 0 bridgehead atoms. The maximum atomic E-state index is 10.2. The highest BCUT2D eigenvalue weighted by molar-refractivity contribution is 6.36. The van der Waals surface area contributed by atoms with Crippen molar-refractivity contribution >= 4 is 34.3 Å². The van der Waals surface area contributed by atoms with Crippen LogP contribution < -0.4 is 0 Å². The number of aromatic hydroxyl groups is 2. The normalized spacial score (nSPS) is 11.4. The van der Waals surface area contributed by atoms with Gasteiger partial charge in [-0.3, -0.25) is 0 Å². The molecular weight excluding hydrogens is 278 g/mol. The highest BCUT2D eigenvalue weighted by atomic mass is 35.5. The lowest BCUT2D eigenvalue weighted by Crippen LogP contribution is -1.81. The summed E-state index contributed by atoms with van der Waals surface area (Å²) in [5.74, 6) is 0.339. The van der Waals surface area contributed by atoms with Gasteiger partial charge < -0.3 is 14.6 Å². The van der Waals surface area contributed by atoms with Gasteiger partial charge >= 0.3 is 0 Å². The zero-order chi connectivity index (χ0) is 14.1. The van der Waals surface area contributed by atoms with Gasteiger partial charge in [-0.2, -0.15) is 0 Å². The first-order valence-corrected chi connectivity index (χ1v) is 6.26. The summed E-state index contributed by atoms with van der Waals surface area (Å²) in [6.07, 6.45) is 2.94. The van der Waals surface area contributed by atoms with E-state index in [0.29, 0.717) is 16.5 Å². The Bertz CT molecular complexity index is 794. The Morgan fingerprint density at radius 3 is 2.35 bits per heavy atom. The highest BCUT2D eigenvalue weighted by Crippen LogP contribution is 2.47. The van der Waals surface area contributed by atoms with E-state index in [0.717, 1.165) is 0 Å². The van der Waals surface area contributed by atoms with E-state index in [1.807, 2.05) is 0 Å². The molecule has 2 N–H and O–H groups in total. The van der Waals surface area contributed by atoms with Crippen LogP contribution in [0.25, 0.3) is 10.8 Å². The lowest BCUT2D eigenvalue weighted by atomic mass is 10.1. The van der Waals surface area contributed by atoms with Crippen molar-refractivity contribution in [3.8, 4) is 11.5 Å². The van der Waals surface area contributed by atoms with Crippen molar-refractivity contribution in [1.82, 2.24) is 0 Å². The summed E-state index contributed by atoms with van der Waals surface area (Å²) in [4.78, 5) is 4.10. The number of phenols is 2. The first-order valence-electron chi connectivity index (χ1n) is 5.88. The molecule has 0 fully saturated rings. The molecule has 1 aromatic heterocycles. The minimum absolute atomic E-state index is 0.00371. The third-order valence-electron chi connectivity index (χ3n) is 2.94. The first-order chi connectivity index (χ1) is 9.68. The lowest BCUT2D eigenvalue weighted by molar-refractivity contribution is 0.471. The molecule has 3 rings (SSSR count). The van der Waals surface area contributed by atoms with Gasteiger partial charge in [0.2, 0.25) is 0 Å². The van der Waals surface area contributed by atoms with E-state index in [1.54, 1.807) is 36.4 Å². The average molecular weight is 288 g/mol. The molecular formula is C15H10ClNO3. The van der Waals surface area contributed by atoms with Gasteiger partial charge in [0.25, 0.3) is 0 Å². The molecule has 0 amide bonds. The first kappa shape index (κ1) is 12.6. The van der Waals surface area contributed by atoms with E-state index in [9.17, 15) is 10.2 Å². The van der Waals surface area contributed by atoms with Crippen LogP contribution in [-0.2, 0) is 0 Å². The van der Waals surface area contributed by atoms with E-state index < -0.39 is 0 Å². The van der Waals surface area contributed by atoms with Crippen LogP contribution in [0.4, 0.5) is 5.69 Å². The summed E-state index contributed by atoms with van der Waals surface area (Å²) in [5.41, 5.74) is 0.110. The molecule has 1 heterocycles. The Morgan fingerprint density at radius 2 is 1.70 bits per heavy atom. The quantitative estimate of drug-likeness (QED) is 0.547. The molecule has 0 saturated carbocycles. The summed E-state index contributed by atoms with van der Waals surface area (Å²) in [7, 11) is 0. The number of rotatable bonds is 2. The van der Waals surface area contributed by atoms with Crippen LogP contribution in [0.5, 0.6) is 11.5 Å². The molecule has 5 heteroatoms. The number of hydrogen-bond acceptors (Lipinski definition) is 4. The predicted octanol–water partition coefficient (Wildman–Crippen LogP) is 4.25. The Kier molecular flexibility index (Phi) is 3.08. The van der Waals surface area contributed by atoms with Gasteiger partial charge in [0.1, 0.15) is 22.2 Å². The van der Waals surface area contributed by atoms with Crippen molar-refractivity contribution in [2.45, 2.75) is 0 Å². The third kappa shape index (κ3) is 2.00. The second-order valence-electron chi connectivity index (χ2n) is 4.18. The second-order valence-corrected chi connectivity index (χ2v) is 4.56. The largest absolute Gasteiger partial charge is 0.506 e. The zero-order valence-electron chi connectivity index (χ0n) is 10.2. The Labute approximate surface area is 119 Å². The molecule has 0 aliphatic carbocycles. The molecule has 20 heavy (non-hydrogen) atoms. The fourth-order valence-corrected chi connectivity index (χ4v) is 2.21. The predicted molar refractivity (Wildman–Crippen MR) is 78.2 cm³/mol. The molecule has 0 spiro atoms. The highest BCUT2D eigenvalue weighted by Gasteiger charge is 2.16. The van der Waals surface area contributed by atoms with Crippen molar-refractivity contribution < 1.29 is 14.6 Å². The van der Waals surface area contributed by atoms with Crippen molar-refractivity contribution in [2.24, 2.45) is 4.99 Å². The molecule has 100 valence electrons. The fraction of sp³-hybridized carbons (Fsp3) is 0.